The topological polar surface area (TPSA) is 43.4 Å². The quantitative estimate of drug-likeness (QED) is 0.713. The molecule has 0 aromatic heterocycles. The van der Waals surface area contributed by atoms with Crippen LogP contribution in [0.25, 0.3) is 0 Å². The molecule has 0 radical (unpaired) electrons. The molecule has 0 aliphatic carbocycles. The van der Waals surface area contributed by atoms with Gasteiger partial charge in [0.15, 0.2) is 0 Å². The summed E-state index contributed by atoms with van der Waals surface area (Å²) >= 11 is 0. The summed E-state index contributed by atoms with van der Waals surface area (Å²) in [5, 5.41) is 0. The number of esters is 1. The number of aryl methyl sites for hydroxylation is 1. The van der Waals surface area contributed by atoms with Gasteiger partial charge in [-0.1, -0.05) is 30.3 Å². The average Bonchev–Trinajstić information content (AvgIpc) is 2.36. The summed E-state index contributed by atoms with van der Waals surface area (Å²) in [7, 11) is 0. The number of Topliss-reactive ketones (excluding diaryl/α,β-unsaturated/α-hetero) is 1. The summed E-state index contributed by atoms with van der Waals surface area (Å²) in [5.41, 5.74) is 0.764. The van der Waals surface area contributed by atoms with Gasteiger partial charge >= 0.3 is 5.97 Å². The molecule has 110 valence electrons. The standard InChI is InChI=1S/C17H24O3/c1-17(2,3)20-16(19)13-12-15(18)11-7-10-14-8-5-4-6-9-14/h4-6,8-9H,7,10-13H2,1-3H3. The number of benzene rings is 1. The van der Waals surface area contributed by atoms with Crippen molar-refractivity contribution in [3.63, 3.8) is 0 Å². The molecule has 0 aliphatic heterocycles. The lowest BCUT2D eigenvalue weighted by Crippen LogP contribution is -2.24. The van der Waals surface area contributed by atoms with E-state index in [1.165, 1.54) is 5.56 Å². The summed E-state index contributed by atoms with van der Waals surface area (Å²) in [4.78, 5) is 23.2. The van der Waals surface area contributed by atoms with Crippen molar-refractivity contribution in [3.8, 4) is 0 Å². The molecule has 0 saturated heterocycles. The first-order valence-corrected chi connectivity index (χ1v) is 7.14. The first-order valence-electron chi connectivity index (χ1n) is 7.14. The van der Waals surface area contributed by atoms with E-state index < -0.39 is 5.60 Å². The highest BCUT2D eigenvalue weighted by atomic mass is 16.6. The van der Waals surface area contributed by atoms with Crippen molar-refractivity contribution in [3.05, 3.63) is 35.9 Å². The first-order chi connectivity index (χ1) is 9.37. The molecule has 0 amide bonds. The number of hydrogen-bond donors (Lipinski definition) is 0. The van der Waals surface area contributed by atoms with E-state index in [-0.39, 0.29) is 24.6 Å². The van der Waals surface area contributed by atoms with Crippen LogP contribution in [-0.4, -0.2) is 17.4 Å². The minimum absolute atomic E-state index is 0.131. The van der Waals surface area contributed by atoms with E-state index in [1.807, 2.05) is 39.0 Å². The lowest BCUT2D eigenvalue weighted by molar-refractivity contribution is -0.155. The molecule has 0 unspecified atom stereocenters. The van der Waals surface area contributed by atoms with Gasteiger partial charge in [0.1, 0.15) is 11.4 Å². The number of carbonyl (C=O) groups is 2. The summed E-state index contributed by atoms with van der Waals surface area (Å²) < 4.78 is 5.17. The van der Waals surface area contributed by atoms with Crippen molar-refractivity contribution in [1.82, 2.24) is 0 Å². The van der Waals surface area contributed by atoms with Gasteiger partial charge in [-0.3, -0.25) is 9.59 Å². The molecule has 0 bridgehead atoms. The second-order valence-corrected chi connectivity index (χ2v) is 5.96. The highest BCUT2D eigenvalue weighted by Crippen LogP contribution is 2.11. The lowest BCUT2D eigenvalue weighted by Gasteiger charge is -2.19. The van der Waals surface area contributed by atoms with Gasteiger partial charge in [-0.05, 0) is 39.2 Å². The third kappa shape index (κ3) is 7.72. The van der Waals surface area contributed by atoms with Gasteiger partial charge in [0.2, 0.25) is 0 Å². The minimum Gasteiger partial charge on any atom is -0.460 e. The molecule has 0 saturated carbocycles. The molecule has 0 heterocycles. The molecule has 3 heteroatoms. The first kappa shape index (κ1) is 16.4. The van der Waals surface area contributed by atoms with Crippen LogP contribution in [0.1, 0.15) is 52.0 Å². The van der Waals surface area contributed by atoms with E-state index in [2.05, 4.69) is 12.1 Å². The monoisotopic (exact) mass is 276 g/mol. The number of hydrogen-bond acceptors (Lipinski definition) is 3. The molecular formula is C17H24O3. The van der Waals surface area contributed by atoms with Crippen molar-refractivity contribution in [2.24, 2.45) is 0 Å². The molecular weight excluding hydrogens is 252 g/mol. The highest BCUT2D eigenvalue weighted by Gasteiger charge is 2.16. The zero-order valence-electron chi connectivity index (χ0n) is 12.6. The van der Waals surface area contributed by atoms with E-state index in [9.17, 15) is 9.59 Å². The van der Waals surface area contributed by atoms with Crippen LogP contribution in [0.15, 0.2) is 30.3 Å². The molecule has 1 aromatic rings. The maximum absolute atomic E-state index is 11.7. The van der Waals surface area contributed by atoms with Crippen LogP contribution in [0.4, 0.5) is 0 Å². The predicted octanol–water partition coefficient (Wildman–Crippen LogP) is 3.70. The second-order valence-electron chi connectivity index (χ2n) is 5.96. The number of ether oxygens (including phenoxy) is 1. The zero-order valence-corrected chi connectivity index (χ0v) is 12.6. The summed E-state index contributed by atoms with van der Waals surface area (Å²) in [6.07, 6.45) is 2.72. The Bertz CT molecular complexity index is 429. The van der Waals surface area contributed by atoms with Gasteiger partial charge in [0.25, 0.3) is 0 Å². The fraction of sp³-hybridized carbons (Fsp3) is 0.529. The predicted molar refractivity (Wildman–Crippen MR) is 79.5 cm³/mol. The van der Waals surface area contributed by atoms with Crippen molar-refractivity contribution in [2.45, 2.75) is 58.5 Å². The van der Waals surface area contributed by atoms with Crippen LogP contribution < -0.4 is 0 Å². The van der Waals surface area contributed by atoms with Crippen LogP contribution >= 0.6 is 0 Å². The normalized spacial score (nSPS) is 11.2. The number of ketones is 1. The van der Waals surface area contributed by atoms with E-state index in [4.69, 9.17) is 4.74 Å². The third-order valence-corrected chi connectivity index (χ3v) is 2.79. The zero-order chi connectivity index (χ0) is 15.0. The van der Waals surface area contributed by atoms with Crippen LogP contribution in [-0.2, 0) is 20.7 Å². The fourth-order valence-corrected chi connectivity index (χ4v) is 1.89. The van der Waals surface area contributed by atoms with Crippen molar-refractivity contribution < 1.29 is 14.3 Å². The third-order valence-electron chi connectivity index (χ3n) is 2.79. The molecule has 0 N–H and O–H groups in total. The van der Waals surface area contributed by atoms with Gasteiger partial charge in [0.05, 0.1) is 6.42 Å². The smallest absolute Gasteiger partial charge is 0.306 e. The van der Waals surface area contributed by atoms with Crippen LogP contribution in [0.3, 0.4) is 0 Å². The van der Waals surface area contributed by atoms with Gasteiger partial charge in [0, 0.05) is 12.8 Å². The Morgan fingerprint density at radius 1 is 1.00 bits per heavy atom. The molecule has 20 heavy (non-hydrogen) atoms. The molecule has 0 atom stereocenters. The van der Waals surface area contributed by atoms with Crippen LogP contribution in [0, 0.1) is 0 Å². The van der Waals surface area contributed by atoms with Gasteiger partial charge in [-0.2, -0.15) is 0 Å². The van der Waals surface area contributed by atoms with Gasteiger partial charge < -0.3 is 4.74 Å². The van der Waals surface area contributed by atoms with E-state index in [0.29, 0.717) is 6.42 Å². The van der Waals surface area contributed by atoms with Gasteiger partial charge in [-0.25, -0.2) is 0 Å². The van der Waals surface area contributed by atoms with E-state index >= 15 is 0 Å². The fourth-order valence-electron chi connectivity index (χ4n) is 1.89. The molecule has 0 spiro atoms. The Morgan fingerprint density at radius 3 is 2.25 bits per heavy atom. The summed E-state index contributed by atoms with van der Waals surface area (Å²) in [5.74, 6) is -0.166. The largest absolute Gasteiger partial charge is 0.460 e. The van der Waals surface area contributed by atoms with E-state index in [1.54, 1.807) is 0 Å². The highest BCUT2D eigenvalue weighted by molar-refractivity contribution is 5.82. The van der Waals surface area contributed by atoms with Crippen LogP contribution in [0.5, 0.6) is 0 Å². The Balaban J connectivity index is 2.16. The molecule has 1 aromatic carbocycles. The van der Waals surface area contributed by atoms with Crippen molar-refractivity contribution in [1.29, 1.82) is 0 Å². The number of carbonyl (C=O) groups excluding carboxylic acids is 2. The minimum atomic E-state index is -0.479. The van der Waals surface area contributed by atoms with Crippen molar-refractivity contribution >= 4 is 11.8 Å². The molecule has 3 nitrogen and oxygen atoms in total. The van der Waals surface area contributed by atoms with Gasteiger partial charge in [-0.15, -0.1) is 0 Å². The Kier molecular flexibility index (Phi) is 6.43. The Hall–Kier alpha value is -1.64. The Labute approximate surface area is 121 Å². The Morgan fingerprint density at radius 2 is 1.65 bits per heavy atom. The van der Waals surface area contributed by atoms with Crippen molar-refractivity contribution in [2.75, 3.05) is 0 Å². The number of rotatable bonds is 7. The molecule has 0 fully saturated rings. The average molecular weight is 276 g/mol. The maximum atomic E-state index is 11.7. The van der Waals surface area contributed by atoms with Crippen LogP contribution in [0.2, 0.25) is 0 Å². The summed E-state index contributed by atoms with van der Waals surface area (Å²) in [6.45, 7) is 5.48. The van der Waals surface area contributed by atoms with E-state index in [0.717, 1.165) is 12.8 Å². The maximum Gasteiger partial charge on any atom is 0.306 e. The lowest BCUT2D eigenvalue weighted by atomic mass is 10.0. The molecule has 1 rings (SSSR count). The molecule has 0 aliphatic rings. The second kappa shape index (κ2) is 7.83. The SMILES string of the molecule is CC(C)(C)OC(=O)CCC(=O)CCCc1ccccc1. The summed E-state index contributed by atoms with van der Waals surface area (Å²) in [6, 6.07) is 10.1.